The van der Waals surface area contributed by atoms with Gasteiger partial charge in [0.2, 0.25) is 10.0 Å². The highest BCUT2D eigenvalue weighted by molar-refractivity contribution is 7.89. The van der Waals surface area contributed by atoms with E-state index < -0.39 is 10.0 Å². The Balaban J connectivity index is 1.82. The van der Waals surface area contributed by atoms with E-state index in [1.54, 1.807) is 29.4 Å². The lowest BCUT2D eigenvalue weighted by Crippen LogP contribution is -2.49. The SMILES string of the molecule is Cc1cccc(N)c1S(=O)(=O)N1CCN(C2CC2)CC1. The number of hydrogen-bond donors (Lipinski definition) is 1. The molecule has 1 heterocycles. The standard InChI is InChI=1S/C14H21N3O2S/c1-11-3-2-4-13(15)14(11)20(18,19)17-9-7-16(8-10-17)12-5-6-12/h2-4,12H,5-10,15H2,1H3. The fraction of sp³-hybridized carbons (Fsp3) is 0.571. The fourth-order valence-electron chi connectivity index (χ4n) is 2.91. The van der Waals surface area contributed by atoms with E-state index in [1.807, 2.05) is 0 Å². The Kier molecular flexibility index (Phi) is 3.48. The monoisotopic (exact) mass is 295 g/mol. The highest BCUT2D eigenvalue weighted by atomic mass is 32.2. The second-order valence-corrected chi connectivity index (χ2v) is 7.54. The van der Waals surface area contributed by atoms with Crippen LogP contribution in [0.25, 0.3) is 0 Å². The third-order valence-corrected chi connectivity index (χ3v) is 6.30. The molecule has 1 aromatic rings. The molecular formula is C14H21N3O2S. The summed E-state index contributed by atoms with van der Waals surface area (Å²) in [6.07, 6.45) is 2.52. The van der Waals surface area contributed by atoms with E-state index in [9.17, 15) is 8.42 Å². The smallest absolute Gasteiger partial charge is 0.245 e. The van der Waals surface area contributed by atoms with Crippen molar-refractivity contribution in [3.05, 3.63) is 23.8 Å². The number of nitrogens with two attached hydrogens (primary N) is 1. The van der Waals surface area contributed by atoms with Gasteiger partial charge in [-0.05, 0) is 31.4 Å². The first kappa shape index (κ1) is 13.9. The Bertz CT molecular complexity index is 583. The summed E-state index contributed by atoms with van der Waals surface area (Å²) >= 11 is 0. The predicted octanol–water partition coefficient (Wildman–Crippen LogP) is 1.05. The van der Waals surface area contributed by atoms with E-state index in [2.05, 4.69) is 4.90 Å². The zero-order valence-electron chi connectivity index (χ0n) is 11.7. The van der Waals surface area contributed by atoms with E-state index >= 15 is 0 Å². The molecule has 6 heteroatoms. The molecule has 0 amide bonds. The largest absolute Gasteiger partial charge is 0.398 e. The first-order chi connectivity index (χ1) is 9.50. The predicted molar refractivity (Wildman–Crippen MR) is 78.9 cm³/mol. The van der Waals surface area contributed by atoms with Gasteiger partial charge in [-0.3, -0.25) is 4.90 Å². The molecule has 5 nitrogen and oxygen atoms in total. The molecule has 2 aliphatic rings. The van der Waals surface area contributed by atoms with E-state index in [4.69, 9.17) is 5.73 Å². The summed E-state index contributed by atoms with van der Waals surface area (Å²) in [4.78, 5) is 2.67. The van der Waals surface area contributed by atoms with E-state index in [1.165, 1.54) is 12.8 Å². The molecule has 3 rings (SSSR count). The first-order valence-electron chi connectivity index (χ1n) is 7.09. The molecule has 0 spiro atoms. The highest BCUT2D eigenvalue weighted by Gasteiger charge is 2.35. The van der Waals surface area contributed by atoms with Crippen LogP contribution in [0.4, 0.5) is 5.69 Å². The van der Waals surface area contributed by atoms with Gasteiger partial charge in [0.1, 0.15) is 4.90 Å². The van der Waals surface area contributed by atoms with Crippen LogP contribution in [-0.2, 0) is 10.0 Å². The molecule has 0 aromatic heterocycles. The molecule has 2 N–H and O–H groups in total. The molecule has 1 aromatic carbocycles. The molecule has 110 valence electrons. The number of anilines is 1. The Morgan fingerprint density at radius 1 is 1.15 bits per heavy atom. The summed E-state index contributed by atoms with van der Waals surface area (Å²) in [5.41, 5.74) is 6.94. The van der Waals surface area contributed by atoms with Crippen molar-refractivity contribution in [2.75, 3.05) is 31.9 Å². The number of nitrogen functional groups attached to an aromatic ring is 1. The van der Waals surface area contributed by atoms with Gasteiger partial charge >= 0.3 is 0 Å². The van der Waals surface area contributed by atoms with Crippen LogP contribution >= 0.6 is 0 Å². The zero-order valence-corrected chi connectivity index (χ0v) is 12.6. The first-order valence-corrected chi connectivity index (χ1v) is 8.53. The molecule has 20 heavy (non-hydrogen) atoms. The molecule has 1 aliphatic heterocycles. The molecule has 1 saturated heterocycles. The van der Waals surface area contributed by atoms with Crippen molar-refractivity contribution in [2.45, 2.75) is 30.7 Å². The molecule has 0 radical (unpaired) electrons. The lowest BCUT2D eigenvalue weighted by Gasteiger charge is -2.34. The minimum absolute atomic E-state index is 0.278. The number of rotatable bonds is 3. The lowest BCUT2D eigenvalue weighted by molar-refractivity contribution is 0.180. The minimum atomic E-state index is -3.47. The number of nitrogens with zero attached hydrogens (tertiary/aromatic N) is 2. The van der Waals surface area contributed by atoms with Crippen molar-refractivity contribution in [3.63, 3.8) is 0 Å². The van der Waals surface area contributed by atoms with Crippen molar-refractivity contribution in [3.8, 4) is 0 Å². The molecule has 0 bridgehead atoms. The highest BCUT2D eigenvalue weighted by Crippen LogP contribution is 2.30. The number of aryl methyl sites for hydroxylation is 1. The molecule has 1 aliphatic carbocycles. The average Bonchev–Trinajstić information content (AvgIpc) is 3.22. The lowest BCUT2D eigenvalue weighted by atomic mass is 10.2. The number of piperazine rings is 1. The summed E-state index contributed by atoms with van der Waals surface area (Å²) < 4.78 is 27.1. The molecule has 0 atom stereocenters. The van der Waals surface area contributed by atoms with Crippen molar-refractivity contribution < 1.29 is 8.42 Å². The van der Waals surface area contributed by atoms with Gasteiger partial charge in [0.25, 0.3) is 0 Å². The van der Waals surface area contributed by atoms with Gasteiger partial charge in [-0.1, -0.05) is 12.1 Å². The van der Waals surface area contributed by atoms with Gasteiger partial charge in [-0.2, -0.15) is 4.31 Å². The zero-order chi connectivity index (χ0) is 14.3. The topological polar surface area (TPSA) is 66.6 Å². The van der Waals surface area contributed by atoms with Crippen LogP contribution in [-0.4, -0.2) is 49.8 Å². The maximum Gasteiger partial charge on any atom is 0.245 e. The van der Waals surface area contributed by atoms with E-state index in [-0.39, 0.29) is 4.90 Å². The van der Waals surface area contributed by atoms with Gasteiger partial charge < -0.3 is 5.73 Å². The van der Waals surface area contributed by atoms with Crippen LogP contribution in [0.5, 0.6) is 0 Å². The molecule has 0 unspecified atom stereocenters. The number of sulfonamides is 1. The van der Waals surface area contributed by atoms with E-state index in [0.29, 0.717) is 24.8 Å². The molecule has 1 saturated carbocycles. The number of benzene rings is 1. The minimum Gasteiger partial charge on any atom is -0.398 e. The summed E-state index contributed by atoms with van der Waals surface area (Å²) in [7, 11) is -3.47. The van der Waals surface area contributed by atoms with Crippen molar-refractivity contribution in [2.24, 2.45) is 0 Å². The maximum atomic E-state index is 12.7. The van der Waals surface area contributed by atoms with Crippen molar-refractivity contribution in [1.29, 1.82) is 0 Å². The van der Waals surface area contributed by atoms with Crippen LogP contribution in [0, 0.1) is 6.92 Å². The normalized spacial score (nSPS) is 22.1. The van der Waals surface area contributed by atoms with Crippen molar-refractivity contribution in [1.82, 2.24) is 9.21 Å². The van der Waals surface area contributed by atoms with E-state index in [0.717, 1.165) is 18.7 Å². The third-order valence-electron chi connectivity index (χ3n) is 4.18. The van der Waals surface area contributed by atoms with Gasteiger partial charge in [-0.25, -0.2) is 8.42 Å². The van der Waals surface area contributed by atoms with Gasteiger partial charge in [0.15, 0.2) is 0 Å². The Labute approximate surface area is 120 Å². The van der Waals surface area contributed by atoms with Crippen LogP contribution < -0.4 is 5.73 Å². The van der Waals surface area contributed by atoms with Crippen LogP contribution in [0.15, 0.2) is 23.1 Å². The van der Waals surface area contributed by atoms with Crippen LogP contribution in [0.3, 0.4) is 0 Å². The van der Waals surface area contributed by atoms with Crippen LogP contribution in [0.2, 0.25) is 0 Å². The Morgan fingerprint density at radius 2 is 1.80 bits per heavy atom. The average molecular weight is 295 g/mol. The summed E-state index contributed by atoms with van der Waals surface area (Å²) in [5, 5.41) is 0. The van der Waals surface area contributed by atoms with Crippen molar-refractivity contribution >= 4 is 15.7 Å². The summed E-state index contributed by atoms with van der Waals surface area (Å²) in [5.74, 6) is 0. The second-order valence-electron chi connectivity index (χ2n) is 5.66. The van der Waals surface area contributed by atoms with Gasteiger partial charge in [0, 0.05) is 32.2 Å². The summed E-state index contributed by atoms with van der Waals surface area (Å²) in [6.45, 7) is 4.58. The third kappa shape index (κ3) is 2.43. The van der Waals surface area contributed by atoms with Gasteiger partial charge in [0.05, 0.1) is 5.69 Å². The maximum absolute atomic E-state index is 12.7. The second kappa shape index (κ2) is 5.02. The summed E-state index contributed by atoms with van der Waals surface area (Å²) in [6, 6.07) is 5.93. The van der Waals surface area contributed by atoms with Gasteiger partial charge in [-0.15, -0.1) is 0 Å². The Hall–Kier alpha value is -1.11. The fourth-order valence-corrected chi connectivity index (χ4v) is 4.65. The number of hydrogen-bond acceptors (Lipinski definition) is 4. The molecular weight excluding hydrogens is 274 g/mol. The van der Waals surface area contributed by atoms with Crippen LogP contribution in [0.1, 0.15) is 18.4 Å². The Morgan fingerprint density at radius 3 is 2.35 bits per heavy atom. The quantitative estimate of drug-likeness (QED) is 0.846. The molecule has 2 fully saturated rings.